The Morgan fingerprint density at radius 1 is 1.00 bits per heavy atom. The molecule has 0 aliphatic rings. The van der Waals surface area contributed by atoms with Crippen LogP contribution >= 0.6 is 11.6 Å². The molecule has 7 nitrogen and oxygen atoms in total. The number of benzene rings is 3. The Kier molecular flexibility index (Phi) is 9.46. The molecule has 3 aromatic carbocycles. The monoisotopic (exact) mass is 519 g/mol. The minimum Gasteiger partial charge on any atom is -0.492 e. The quantitative estimate of drug-likeness (QED) is 0.343. The largest absolute Gasteiger partial charge is 0.492 e. The molecule has 4 aromatic rings. The molecule has 8 heteroatoms. The second-order valence-electron chi connectivity index (χ2n) is 8.32. The Morgan fingerprint density at radius 2 is 1.76 bits per heavy atom. The number of nitrogens with one attached hydrogen (secondary N) is 1. The van der Waals surface area contributed by atoms with Gasteiger partial charge in [-0.2, -0.15) is 0 Å². The molecule has 3 N–H and O–H groups in total. The summed E-state index contributed by atoms with van der Waals surface area (Å²) in [6, 6.07) is 19.9. The van der Waals surface area contributed by atoms with Crippen LogP contribution in [0.5, 0.6) is 5.75 Å². The Hall–Kier alpha value is -4.10. The van der Waals surface area contributed by atoms with E-state index >= 15 is 0 Å². The molecule has 0 unspecified atom stereocenters. The second kappa shape index (κ2) is 12.7. The molecule has 0 radical (unpaired) electrons. The molecule has 0 atom stereocenters. The lowest BCUT2D eigenvalue weighted by molar-refractivity contribution is 0.0954. The van der Waals surface area contributed by atoms with Crippen LogP contribution in [0.25, 0.3) is 16.5 Å². The zero-order valence-electron chi connectivity index (χ0n) is 21.1. The first kappa shape index (κ1) is 27.5. The number of ether oxygens (including phenoxy) is 1. The van der Waals surface area contributed by atoms with Crippen molar-refractivity contribution in [2.75, 3.05) is 19.0 Å². The number of nitrogens with two attached hydrogens (primary N) is 1. The maximum absolute atomic E-state index is 13.1. The molecule has 2 amide bonds. The average Bonchev–Trinajstić information content (AvgIpc) is 2.89. The number of amides is 2. The molecule has 0 aliphatic carbocycles. The smallest absolute Gasteiger partial charge is 0.263 e. The van der Waals surface area contributed by atoms with E-state index in [1.807, 2.05) is 57.2 Å². The Morgan fingerprint density at radius 3 is 2.41 bits per heavy atom. The maximum Gasteiger partial charge on any atom is 0.263 e. The minimum absolute atomic E-state index is 0.163. The number of pyridine rings is 1. The van der Waals surface area contributed by atoms with Crippen molar-refractivity contribution in [3.05, 3.63) is 106 Å². The van der Waals surface area contributed by atoms with Gasteiger partial charge in [0, 0.05) is 23.9 Å². The molecular formula is C29H30ClN3O4. The van der Waals surface area contributed by atoms with Crippen LogP contribution in [0.4, 0.5) is 0 Å². The number of hydrogen-bond donors (Lipinski definition) is 2. The van der Waals surface area contributed by atoms with Crippen molar-refractivity contribution in [2.45, 2.75) is 20.8 Å². The number of carbonyl (C=O) groups excluding carboxylic acids is 2. The van der Waals surface area contributed by atoms with Crippen LogP contribution in [0.15, 0.2) is 77.7 Å². The highest BCUT2D eigenvalue weighted by molar-refractivity contribution is 6.18. The van der Waals surface area contributed by atoms with Crippen molar-refractivity contribution in [3.63, 3.8) is 0 Å². The van der Waals surface area contributed by atoms with Gasteiger partial charge in [0.1, 0.15) is 12.4 Å². The highest BCUT2D eigenvalue weighted by atomic mass is 35.5. The fraction of sp³-hybridized carbons (Fsp3) is 0.207. The van der Waals surface area contributed by atoms with E-state index < -0.39 is 0 Å². The van der Waals surface area contributed by atoms with E-state index in [1.165, 1.54) is 0 Å². The van der Waals surface area contributed by atoms with E-state index in [4.69, 9.17) is 22.1 Å². The highest BCUT2D eigenvalue weighted by Crippen LogP contribution is 2.21. The van der Waals surface area contributed by atoms with Crippen molar-refractivity contribution < 1.29 is 14.3 Å². The second-order valence-corrected chi connectivity index (χ2v) is 8.70. The van der Waals surface area contributed by atoms with Crippen molar-refractivity contribution in [3.8, 4) is 11.4 Å². The van der Waals surface area contributed by atoms with E-state index in [1.54, 1.807) is 41.1 Å². The van der Waals surface area contributed by atoms with Crippen molar-refractivity contribution in [2.24, 2.45) is 5.73 Å². The van der Waals surface area contributed by atoms with Crippen LogP contribution in [0.3, 0.4) is 0 Å². The number of alkyl halides is 1. The summed E-state index contributed by atoms with van der Waals surface area (Å²) < 4.78 is 7.09. The van der Waals surface area contributed by atoms with E-state index in [-0.39, 0.29) is 17.4 Å². The van der Waals surface area contributed by atoms with E-state index in [0.29, 0.717) is 47.0 Å². The van der Waals surface area contributed by atoms with Crippen molar-refractivity contribution in [1.82, 2.24) is 9.88 Å². The Balaban J connectivity index is 0.000000319. The SMILES string of the molecule is CCNC(=O)c1ccc(C)c(-n2ccc3ccc(OCCCl)cc3c2=O)c1.Cc1ccccc1C(N)=O. The third-order valence-electron chi connectivity index (χ3n) is 5.70. The van der Waals surface area contributed by atoms with Crippen LogP contribution in [0.2, 0.25) is 0 Å². The fourth-order valence-corrected chi connectivity index (χ4v) is 3.85. The predicted octanol–water partition coefficient (Wildman–Crippen LogP) is 4.76. The Bertz CT molecular complexity index is 1480. The number of carbonyl (C=O) groups is 2. The van der Waals surface area contributed by atoms with Gasteiger partial charge < -0.3 is 15.8 Å². The summed E-state index contributed by atoms with van der Waals surface area (Å²) in [5.74, 6) is 0.455. The zero-order chi connectivity index (χ0) is 26.9. The summed E-state index contributed by atoms with van der Waals surface area (Å²) in [4.78, 5) is 35.9. The van der Waals surface area contributed by atoms with Crippen molar-refractivity contribution >= 4 is 34.2 Å². The molecule has 0 aliphatic heterocycles. The van der Waals surface area contributed by atoms with Crippen molar-refractivity contribution in [1.29, 1.82) is 0 Å². The lowest BCUT2D eigenvalue weighted by Gasteiger charge is -2.13. The first-order chi connectivity index (χ1) is 17.8. The molecule has 37 heavy (non-hydrogen) atoms. The number of rotatable bonds is 7. The minimum atomic E-state index is -0.363. The number of primary amides is 1. The molecule has 0 saturated carbocycles. The average molecular weight is 520 g/mol. The van der Waals surface area contributed by atoms with E-state index in [0.717, 1.165) is 16.5 Å². The number of halogens is 1. The van der Waals surface area contributed by atoms with Gasteiger partial charge in [-0.1, -0.05) is 30.3 Å². The number of nitrogens with zero attached hydrogens (tertiary/aromatic N) is 1. The van der Waals surface area contributed by atoms with Gasteiger partial charge in [0.2, 0.25) is 5.91 Å². The summed E-state index contributed by atoms with van der Waals surface area (Å²) in [5, 5.41) is 4.15. The summed E-state index contributed by atoms with van der Waals surface area (Å²) in [6.07, 6.45) is 1.73. The Labute approximate surface area is 220 Å². The lowest BCUT2D eigenvalue weighted by Crippen LogP contribution is -2.24. The summed E-state index contributed by atoms with van der Waals surface area (Å²) in [5.41, 5.74) is 8.53. The molecule has 0 fully saturated rings. The number of hydrogen-bond acceptors (Lipinski definition) is 4. The molecule has 0 spiro atoms. The standard InChI is InChI=1S/C21H21ClN2O3.C8H9NO/c1-3-23-20(25)16-5-4-14(2)19(12-16)24-10-8-15-6-7-17(27-11-9-22)13-18(15)21(24)26;1-6-4-2-3-5-7(6)8(9)10/h4-8,10,12-13H,3,9,11H2,1-2H3,(H,23,25);2-5H,1H3,(H2,9,10). The third kappa shape index (κ3) is 6.77. The summed E-state index contributed by atoms with van der Waals surface area (Å²) >= 11 is 5.66. The van der Waals surface area contributed by atoms with Crippen LogP contribution in [-0.2, 0) is 0 Å². The first-order valence-electron chi connectivity index (χ1n) is 11.9. The zero-order valence-corrected chi connectivity index (χ0v) is 21.8. The number of aromatic nitrogens is 1. The van der Waals surface area contributed by atoms with Gasteiger partial charge >= 0.3 is 0 Å². The highest BCUT2D eigenvalue weighted by Gasteiger charge is 2.12. The number of aryl methyl sites for hydroxylation is 2. The van der Waals surface area contributed by atoms with Crippen LogP contribution in [0.1, 0.15) is 38.8 Å². The van der Waals surface area contributed by atoms with Gasteiger partial charge in [-0.05, 0) is 73.7 Å². The van der Waals surface area contributed by atoms with Crippen LogP contribution in [-0.4, -0.2) is 35.4 Å². The van der Waals surface area contributed by atoms with Gasteiger partial charge in [0.15, 0.2) is 0 Å². The van der Waals surface area contributed by atoms with Gasteiger partial charge in [0.05, 0.1) is 17.0 Å². The molecule has 4 rings (SSSR count). The summed E-state index contributed by atoms with van der Waals surface area (Å²) in [7, 11) is 0. The van der Waals surface area contributed by atoms with Crippen LogP contribution < -0.4 is 21.3 Å². The molecule has 192 valence electrons. The van der Waals surface area contributed by atoms with Gasteiger partial charge in [-0.15, -0.1) is 11.6 Å². The van der Waals surface area contributed by atoms with Crippen LogP contribution in [0, 0.1) is 13.8 Å². The van der Waals surface area contributed by atoms with Gasteiger partial charge in [-0.3, -0.25) is 19.0 Å². The van der Waals surface area contributed by atoms with Gasteiger partial charge in [0.25, 0.3) is 11.5 Å². The topological polar surface area (TPSA) is 103 Å². The predicted molar refractivity (Wildman–Crippen MR) is 148 cm³/mol. The third-order valence-corrected chi connectivity index (χ3v) is 5.86. The normalized spacial score (nSPS) is 10.4. The molecule has 0 saturated heterocycles. The first-order valence-corrected chi connectivity index (χ1v) is 12.4. The fourth-order valence-electron chi connectivity index (χ4n) is 3.78. The maximum atomic E-state index is 13.1. The number of fused-ring (bicyclic) bond motifs is 1. The van der Waals surface area contributed by atoms with Gasteiger partial charge in [-0.25, -0.2) is 0 Å². The van der Waals surface area contributed by atoms with E-state index in [2.05, 4.69) is 5.32 Å². The molecule has 0 bridgehead atoms. The molecule has 1 heterocycles. The lowest BCUT2D eigenvalue weighted by atomic mass is 10.1. The van der Waals surface area contributed by atoms with E-state index in [9.17, 15) is 14.4 Å². The molecule has 1 aromatic heterocycles. The summed E-state index contributed by atoms with van der Waals surface area (Å²) in [6.45, 7) is 6.56. The molecular weight excluding hydrogens is 490 g/mol.